The lowest BCUT2D eigenvalue weighted by molar-refractivity contribution is -0.117. The van der Waals surface area contributed by atoms with Crippen molar-refractivity contribution in [3.8, 4) is 11.8 Å². The molecular weight excluding hydrogens is 256 g/mol. The SMILES string of the molecule is N#C/C(=C\c1cccc(O)c1)C(=O)NCc1ccco1. The van der Waals surface area contributed by atoms with Gasteiger partial charge in [0.05, 0.1) is 12.8 Å². The average molecular weight is 268 g/mol. The minimum Gasteiger partial charge on any atom is -0.508 e. The molecule has 20 heavy (non-hydrogen) atoms. The molecule has 0 fully saturated rings. The zero-order chi connectivity index (χ0) is 14.4. The highest BCUT2D eigenvalue weighted by Crippen LogP contribution is 2.14. The predicted octanol–water partition coefficient (Wildman–Crippen LogP) is 2.21. The largest absolute Gasteiger partial charge is 0.508 e. The first-order chi connectivity index (χ1) is 9.69. The van der Waals surface area contributed by atoms with Crippen LogP contribution in [0.15, 0.2) is 52.7 Å². The van der Waals surface area contributed by atoms with E-state index in [-0.39, 0.29) is 17.9 Å². The Balaban J connectivity index is 2.07. The molecule has 5 heteroatoms. The van der Waals surface area contributed by atoms with Crippen LogP contribution < -0.4 is 5.32 Å². The van der Waals surface area contributed by atoms with Crippen molar-refractivity contribution in [2.75, 3.05) is 0 Å². The first kappa shape index (κ1) is 13.4. The van der Waals surface area contributed by atoms with Crippen LogP contribution in [0.4, 0.5) is 0 Å². The summed E-state index contributed by atoms with van der Waals surface area (Å²) >= 11 is 0. The molecule has 100 valence electrons. The van der Waals surface area contributed by atoms with Crippen LogP contribution >= 0.6 is 0 Å². The Morgan fingerprint density at radius 2 is 2.25 bits per heavy atom. The highest BCUT2D eigenvalue weighted by Gasteiger charge is 2.09. The number of hydrogen-bond acceptors (Lipinski definition) is 4. The summed E-state index contributed by atoms with van der Waals surface area (Å²) < 4.78 is 5.08. The number of amides is 1. The number of benzene rings is 1. The van der Waals surface area contributed by atoms with Gasteiger partial charge in [0.25, 0.3) is 5.91 Å². The Morgan fingerprint density at radius 1 is 1.40 bits per heavy atom. The average Bonchev–Trinajstić information content (AvgIpc) is 2.95. The molecular formula is C15H12N2O3. The van der Waals surface area contributed by atoms with E-state index < -0.39 is 5.91 Å². The Kier molecular flexibility index (Phi) is 4.20. The zero-order valence-electron chi connectivity index (χ0n) is 10.5. The van der Waals surface area contributed by atoms with Crippen LogP contribution in [0, 0.1) is 11.3 Å². The second-order valence-electron chi connectivity index (χ2n) is 4.03. The van der Waals surface area contributed by atoms with E-state index in [0.29, 0.717) is 11.3 Å². The lowest BCUT2D eigenvalue weighted by Crippen LogP contribution is -2.23. The van der Waals surface area contributed by atoms with Crippen LogP contribution in [-0.4, -0.2) is 11.0 Å². The van der Waals surface area contributed by atoms with Crippen LogP contribution in [0.3, 0.4) is 0 Å². The van der Waals surface area contributed by atoms with Crippen LogP contribution in [0.1, 0.15) is 11.3 Å². The molecule has 0 saturated carbocycles. The number of carbonyl (C=O) groups is 1. The second-order valence-corrected chi connectivity index (χ2v) is 4.03. The van der Waals surface area contributed by atoms with Gasteiger partial charge in [-0.25, -0.2) is 0 Å². The summed E-state index contributed by atoms with van der Waals surface area (Å²) in [6.07, 6.45) is 2.92. The van der Waals surface area contributed by atoms with Crippen molar-refractivity contribution >= 4 is 12.0 Å². The van der Waals surface area contributed by atoms with Gasteiger partial charge in [-0.1, -0.05) is 12.1 Å². The number of nitriles is 1. The highest BCUT2D eigenvalue weighted by molar-refractivity contribution is 6.01. The van der Waals surface area contributed by atoms with Gasteiger partial charge in [0.15, 0.2) is 0 Å². The fourth-order valence-electron chi connectivity index (χ4n) is 1.61. The van der Waals surface area contributed by atoms with Gasteiger partial charge in [-0.2, -0.15) is 5.26 Å². The van der Waals surface area contributed by atoms with E-state index in [1.165, 1.54) is 24.5 Å². The zero-order valence-corrected chi connectivity index (χ0v) is 10.5. The summed E-state index contributed by atoms with van der Waals surface area (Å²) in [5, 5.41) is 20.9. The molecule has 1 amide bonds. The third kappa shape index (κ3) is 3.50. The predicted molar refractivity (Wildman–Crippen MR) is 72.3 cm³/mol. The van der Waals surface area contributed by atoms with Gasteiger partial charge in [0, 0.05) is 0 Å². The van der Waals surface area contributed by atoms with Gasteiger partial charge in [-0.05, 0) is 35.9 Å². The number of nitrogens with one attached hydrogen (secondary N) is 1. The fraction of sp³-hybridized carbons (Fsp3) is 0.0667. The molecule has 0 spiro atoms. The van der Waals surface area contributed by atoms with Crippen LogP contribution in [0.25, 0.3) is 6.08 Å². The molecule has 1 heterocycles. The Bertz CT molecular complexity index is 667. The van der Waals surface area contributed by atoms with Gasteiger partial charge >= 0.3 is 0 Å². The molecule has 0 saturated heterocycles. The van der Waals surface area contributed by atoms with Crippen LogP contribution in [0.5, 0.6) is 5.75 Å². The Morgan fingerprint density at radius 3 is 2.90 bits per heavy atom. The van der Waals surface area contributed by atoms with Crippen molar-refractivity contribution in [1.29, 1.82) is 5.26 Å². The molecule has 2 aromatic rings. The maximum atomic E-state index is 11.9. The third-order valence-electron chi connectivity index (χ3n) is 2.55. The molecule has 0 radical (unpaired) electrons. The van der Waals surface area contributed by atoms with Crippen molar-refractivity contribution in [3.05, 3.63) is 59.6 Å². The summed E-state index contributed by atoms with van der Waals surface area (Å²) in [4.78, 5) is 11.9. The van der Waals surface area contributed by atoms with Crippen molar-refractivity contribution in [2.24, 2.45) is 0 Å². The van der Waals surface area contributed by atoms with Gasteiger partial charge in [-0.15, -0.1) is 0 Å². The first-order valence-corrected chi connectivity index (χ1v) is 5.90. The third-order valence-corrected chi connectivity index (χ3v) is 2.55. The molecule has 5 nitrogen and oxygen atoms in total. The number of carbonyl (C=O) groups excluding carboxylic acids is 1. The molecule has 0 aliphatic heterocycles. The Hall–Kier alpha value is -3.00. The van der Waals surface area contributed by atoms with Crippen molar-refractivity contribution in [1.82, 2.24) is 5.32 Å². The van der Waals surface area contributed by atoms with Gasteiger partial charge < -0.3 is 14.8 Å². The second kappa shape index (κ2) is 6.25. The van der Waals surface area contributed by atoms with E-state index in [1.807, 2.05) is 6.07 Å². The molecule has 0 aliphatic rings. The number of aromatic hydroxyl groups is 1. The van der Waals surface area contributed by atoms with E-state index in [4.69, 9.17) is 9.68 Å². The maximum Gasteiger partial charge on any atom is 0.262 e. The summed E-state index contributed by atoms with van der Waals surface area (Å²) in [7, 11) is 0. The molecule has 0 unspecified atom stereocenters. The summed E-state index contributed by atoms with van der Waals surface area (Å²) in [5.74, 6) is 0.187. The first-order valence-electron chi connectivity index (χ1n) is 5.90. The monoisotopic (exact) mass is 268 g/mol. The summed E-state index contributed by atoms with van der Waals surface area (Å²) in [5.41, 5.74) is 0.539. The maximum absolute atomic E-state index is 11.9. The molecule has 0 bridgehead atoms. The molecule has 2 N–H and O–H groups in total. The standard InChI is InChI=1S/C15H12N2O3/c16-9-12(7-11-3-1-4-13(18)8-11)15(19)17-10-14-5-2-6-20-14/h1-8,18H,10H2,(H,17,19)/b12-7+. The number of rotatable bonds is 4. The van der Waals surface area contributed by atoms with E-state index >= 15 is 0 Å². The van der Waals surface area contributed by atoms with Crippen molar-refractivity contribution in [2.45, 2.75) is 6.54 Å². The fourth-order valence-corrected chi connectivity index (χ4v) is 1.61. The van der Waals surface area contributed by atoms with E-state index in [0.717, 1.165) is 0 Å². The number of phenolic OH excluding ortho intramolecular Hbond substituents is 1. The molecule has 1 aromatic carbocycles. The lowest BCUT2D eigenvalue weighted by atomic mass is 10.1. The molecule has 1 aromatic heterocycles. The van der Waals surface area contributed by atoms with E-state index in [9.17, 15) is 9.90 Å². The minimum absolute atomic E-state index is 0.0397. The quantitative estimate of drug-likeness (QED) is 0.657. The van der Waals surface area contributed by atoms with Gasteiger partial charge in [0.1, 0.15) is 23.2 Å². The van der Waals surface area contributed by atoms with Crippen LogP contribution in [-0.2, 0) is 11.3 Å². The lowest BCUT2D eigenvalue weighted by Gasteiger charge is -2.02. The molecule has 0 aliphatic carbocycles. The number of furan rings is 1. The molecule has 2 rings (SSSR count). The van der Waals surface area contributed by atoms with Crippen LogP contribution in [0.2, 0.25) is 0 Å². The topological polar surface area (TPSA) is 86.3 Å². The number of phenols is 1. The van der Waals surface area contributed by atoms with Crippen molar-refractivity contribution in [3.63, 3.8) is 0 Å². The number of hydrogen-bond donors (Lipinski definition) is 2. The van der Waals surface area contributed by atoms with Crippen molar-refractivity contribution < 1.29 is 14.3 Å². The smallest absolute Gasteiger partial charge is 0.262 e. The van der Waals surface area contributed by atoms with Gasteiger partial charge in [-0.3, -0.25) is 4.79 Å². The van der Waals surface area contributed by atoms with Gasteiger partial charge in [0.2, 0.25) is 0 Å². The van der Waals surface area contributed by atoms with E-state index in [1.54, 1.807) is 24.3 Å². The Labute approximate surface area is 115 Å². The normalized spacial score (nSPS) is 10.8. The minimum atomic E-state index is -0.493. The van der Waals surface area contributed by atoms with E-state index in [2.05, 4.69) is 5.32 Å². The molecule has 0 atom stereocenters. The summed E-state index contributed by atoms with van der Waals surface area (Å²) in [6, 6.07) is 11.6. The summed E-state index contributed by atoms with van der Waals surface area (Å²) in [6.45, 7) is 0.213. The number of nitrogens with zero attached hydrogens (tertiary/aromatic N) is 1. The highest BCUT2D eigenvalue weighted by atomic mass is 16.3.